The van der Waals surface area contributed by atoms with Gasteiger partial charge in [0.1, 0.15) is 6.04 Å². The molecule has 92 valence electrons. The molecule has 1 unspecified atom stereocenters. The third-order valence-corrected chi connectivity index (χ3v) is 2.88. The molecule has 0 saturated carbocycles. The normalized spacial score (nSPS) is 19.9. The van der Waals surface area contributed by atoms with Crippen LogP contribution in [-0.2, 0) is 14.3 Å². The summed E-state index contributed by atoms with van der Waals surface area (Å²) in [5.41, 5.74) is 0. The van der Waals surface area contributed by atoms with Crippen LogP contribution in [0.3, 0.4) is 0 Å². The smallest absolute Gasteiger partial charge is 0.328 e. The Morgan fingerprint density at radius 1 is 1.38 bits per heavy atom. The van der Waals surface area contributed by atoms with E-state index in [2.05, 4.69) is 6.92 Å². The molecule has 1 heterocycles. The van der Waals surface area contributed by atoms with E-state index in [0.29, 0.717) is 19.6 Å². The predicted octanol–water partition coefficient (Wildman–Crippen LogP) is 1.73. The molecule has 0 aliphatic carbocycles. The Balaban J connectivity index is 2.51. The van der Waals surface area contributed by atoms with Crippen LogP contribution in [0, 0.1) is 0 Å². The molecule has 0 aromatic rings. The molecule has 1 fully saturated rings. The van der Waals surface area contributed by atoms with Crippen LogP contribution >= 0.6 is 0 Å². The van der Waals surface area contributed by atoms with Crippen molar-refractivity contribution in [1.82, 2.24) is 4.90 Å². The Morgan fingerprint density at radius 2 is 2.12 bits per heavy atom. The van der Waals surface area contributed by atoms with Crippen molar-refractivity contribution in [3.63, 3.8) is 0 Å². The van der Waals surface area contributed by atoms with E-state index >= 15 is 0 Å². The van der Waals surface area contributed by atoms with Gasteiger partial charge in [0, 0.05) is 13.0 Å². The highest BCUT2D eigenvalue weighted by Crippen LogP contribution is 2.20. The van der Waals surface area contributed by atoms with Crippen molar-refractivity contribution in [2.75, 3.05) is 13.2 Å². The maximum Gasteiger partial charge on any atom is 0.328 e. The lowest BCUT2D eigenvalue weighted by Gasteiger charge is -2.23. The Labute approximate surface area is 96.9 Å². The lowest BCUT2D eigenvalue weighted by atomic mass is 10.2. The van der Waals surface area contributed by atoms with Crippen LogP contribution in [0.15, 0.2) is 0 Å². The molecule has 0 bridgehead atoms. The zero-order valence-corrected chi connectivity index (χ0v) is 10.2. The quantitative estimate of drug-likeness (QED) is 0.672. The summed E-state index contributed by atoms with van der Waals surface area (Å²) in [4.78, 5) is 25.1. The Kier molecular flexibility index (Phi) is 5.29. The lowest BCUT2D eigenvalue weighted by molar-refractivity contribution is -0.153. The van der Waals surface area contributed by atoms with E-state index in [1.54, 1.807) is 11.8 Å². The fraction of sp³-hybridized carbons (Fsp3) is 0.833. The molecule has 0 radical (unpaired) electrons. The predicted molar refractivity (Wildman–Crippen MR) is 60.9 cm³/mol. The van der Waals surface area contributed by atoms with E-state index < -0.39 is 0 Å². The van der Waals surface area contributed by atoms with Gasteiger partial charge in [0.15, 0.2) is 0 Å². The van der Waals surface area contributed by atoms with E-state index in [9.17, 15) is 9.59 Å². The molecule has 4 nitrogen and oxygen atoms in total. The molecule has 1 amide bonds. The van der Waals surface area contributed by atoms with Gasteiger partial charge in [-0.2, -0.15) is 0 Å². The van der Waals surface area contributed by atoms with Gasteiger partial charge in [-0.05, 0) is 26.2 Å². The number of nitrogens with zero attached hydrogens (tertiary/aromatic N) is 1. The van der Waals surface area contributed by atoms with Gasteiger partial charge in [-0.25, -0.2) is 4.79 Å². The number of rotatable bonds is 5. The number of likely N-dealkylation sites (tertiary alicyclic amines) is 1. The number of carbonyl (C=O) groups excluding carboxylic acids is 2. The Morgan fingerprint density at radius 3 is 2.75 bits per heavy atom. The van der Waals surface area contributed by atoms with Gasteiger partial charge in [0.05, 0.1) is 6.61 Å². The van der Waals surface area contributed by atoms with Crippen LogP contribution in [0.4, 0.5) is 0 Å². The molecule has 1 atom stereocenters. The third-order valence-electron chi connectivity index (χ3n) is 2.88. The highest BCUT2D eigenvalue weighted by Gasteiger charge is 2.34. The van der Waals surface area contributed by atoms with Gasteiger partial charge < -0.3 is 9.64 Å². The van der Waals surface area contributed by atoms with Crippen LogP contribution in [0.25, 0.3) is 0 Å². The largest absolute Gasteiger partial charge is 0.464 e. The number of hydrogen-bond acceptors (Lipinski definition) is 3. The molecule has 1 rings (SSSR count). The standard InChI is InChI=1S/C12H21NO3/c1-3-5-8-11(14)13-9-6-7-10(13)12(15)16-4-2/h10H,3-9H2,1-2H3. The molecule has 0 N–H and O–H groups in total. The maximum absolute atomic E-state index is 11.8. The van der Waals surface area contributed by atoms with Crippen molar-refractivity contribution < 1.29 is 14.3 Å². The molecule has 1 saturated heterocycles. The van der Waals surface area contributed by atoms with Gasteiger partial charge in [0.25, 0.3) is 0 Å². The van der Waals surface area contributed by atoms with E-state index in [4.69, 9.17) is 4.74 Å². The molecule has 0 spiro atoms. The van der Waals surface area contributed by atoms with E-state index in [0.717, 1.165) is 25.7 Å². The second-order valence-corrected chi connectivity index (χ2v) is 4.10. The van der Waals surface area contributed by atoms with Gasteiger partial charge in [-0.15, -0.1) is 0 Å². The summed E-state index contributed by atoms with van der Waals surface area (Å²) < 4.78 is 4.98. The maximum atomic E-state index is 11.8. The van der Waals surface area contributed by atoms with Crippen LogP contribution < -0.4 is 0 Å². The highest BCUT2D eigenvalue weighted by atomic mass is 16.5. The topological polar surface area (TPSA) is 46.6 Å². The molecular weight excluding hydrogens is 206 g/mol. The summed E-state index contributed by atoms with van der Waals surface area (Å²) in [6, 6.07) is -0.329. The third kappa shape index (κ3) is 3.22. The monoisotopic (exact) mass is 227 g/mol. The lowest BCUT2D eigenvalue weighted by Crippen LogP contribution is -2.41. The molecule has 1 aliphatic heterocycles. The van der Waals surface area contributed by atoms with Gasteiger partial charge in [0.2, 0.25) is 5.91 Å². The number of amides is 1. The zero-order chi connectivity index (χ0) is 12.0. The minimum absolute atomic E-state index is 0.0948. The molecular formula is C12H21NO3. The fourth-order valence-corrected chi connectivity index (χ4v) is 2.02. The molecule has 4 heteroatoms. The average molecular weight is 227 g/mol. The Bertz CT molecular complexity index is 253. The van der Waals surface area contributed by atoms with Crippen molar-refractivity contribution in [3.8, 4) is 0 Å². The van der Waals surface area contributed by atoms with Crippen molar-refractivity contribution in [2.24, 2.45) is 0 Å². The minimum atomic E-state index is -0.329. The summed E-state index contributed by atoms with van der Waals surface area (Å²) in [6.45, 7) is 4.93. The van der Waals surface area contributed by atoms with Crippen LogP contribution in [0.1, 0.15) is 46.0 Å². The first-order valence-electron chi connectivity index (χ1n) is 6.16. The number of esters is 1. The van der Waals surface area contributed by atoms with Crippen LogP contribution in [0.5, 0.6) is 0 Å². The SMILES string of the molecule is CCCCC(=O)N1CCCC1C(=O)OCC. The zero-order valence-electron chi connectivity index (χ0n) is 10.2. The number of hydrogen-bond donors (Lipinski definition) is 0. The van der Waals surface area contributed by atoms with Gasteiger partial charge in [-0.1, -0.05) is 13.3 Å². The summed E-state index contributed by atoms with van der Waals surface area (Å²) in [5.74, 6) is -0.151. The van der Waals surface area contributed by atoms with Crippen molar-refractivity contribution in [3.05, 3.63) is 0 Å². The summed E-state index contributed by atoms with van der Waals surface area (Å²) in [5, 5.41) is 0. The number of carbonyl (C=O) groups is 2. The second kappa shape index (κ2) is 6.51. The van der Waals surface area contributed by atoms with Gasteiger partial charge in [-0.3, -0.25) is 4.79 Å². The summed E-state index contributed by atoms with van der Waals surface area (Å²) >= 11 is 0. The van der Waals surface area contributed by atoms with E-state index in [-0.39, 0.29) is 17.9 Å². The number of ether oxygens (including phenoxy) is 1. The van der Waals surface area contributed by atoms with Crippen molar-refractivity contribution in [2.45, 2.75) is 52.0 Å². The van der Waals surface area contributed by atoms with E-state index in [1.165, 1.54) is 0 Å². The molecule has 0 aromatic heterocycles. The van der Waals surface area contributed by atoms with Crippen molar-refractivity contribution in [1.29, 1.82) is 0 Å². The highest BCUT2D eigenvalue weighted by molar-refractivity contribution is 5.85. The first-order chi connectivity index (χ1) is 7.70. The van der Waals surface area contributed by atoms with Crippen LogP contribution in [0.2, 0.25) is 0 Å². The Hall–Kier alpha value is -1.06. The number of unbranched alkanes of at least 4 members (excludes halogenated alkanes) is 1. The average Bonchev–Trinajstić information content (AvgIpc) is 2.75. The van der Waals surface area contributed by atoms with Crippen molar-refractivity contribution >= 4 is 11.9 Å². The minimum Gasteiger partial charge on any atom is -0.464 e. The van der Waals surface area contributed by atoms with E-state index in [1.807, 2.05) is 0 Å². The first kappa shape index (κ1) is 13.0. The van der Waals surface area contributed by atoms with Crippen LogP contribution in [-0.4, -0.2) is 36.0 Å². The first-order valence-corrected chi connectivity index (χ1v) is 6.16. The molecule has 1 aliphatic rings. The summed E-state index contributed by atoms with van der Waals surface area (Å²) in [6.07, 6.45) is 4.10. The fourth-order valence-electron chi connectivity index (χ4n) is 2.02. The second-order valence-electron chi connectivity index (χ2n) is 4.10. The van der Waals surface area contributed by atoms with Gasteiger partial charge >= 0.3 is 5.97 Å². The summed E-state index contributed by atoms with van der Waals surface area (Å²) in [7, 11) is 0. The molecule has 0 aromatic carbocycles. The molecule has 16 heavy (non-hydrogen) atoms.